The first-order valence-electron chi connectivity index (χ1n) is 6.46. The van der Waals surface area contributed by atoms with Gasteiger partial charge in [-0.2, -0.15) is 0 Å². The molecule has 1 saturated heterocycles. The fraction of sp³-hybridized carbons (Fsp3) is 0.429. The molecule has 2 rings (SSSR count). The summed E-state index contributed by atoms with van der Waals surface area (Å²) in [5, 5.41) is 9.17. The number of aliphatic hydroxyl groups is 1. The predicted octanol–water partition coefficient (Wildman–Crippen LogP) is 0.543. The highest BCUT2D eigenvalue weighted by molar-refractivity contribution is 7.80. The van der Waals surface area contributed by atoms with E-state index in [1.807, 2.05) is 6.92 Å². The Morgan fingerprint density at radius 3 is 2.90 bits per heavy atom. The molecule has 1 aromatic carbocycles. The minimum atomic E-state index is -0.325. The van der Waals surface area contributed by atoms with E-state index in [-0.39, 0.29) is 29.6 Å². The molecule has 20 heavy (non-hydrogen) atoms. The Morgan fingerprint density at radius 1 is 1.55 bits per heavy atom. The van der Waals surface area contributed by atoms with Crippen molar-refractivity contribution in [1.82, 2.24) is 4.90 Å². The summed E-state index contributed by atoms with van der Waals surface area (Å²) in [7, 11) is 0. The number of carbonyl (C=O) groups excluding carboxylic acids is 1. The van der Waals surface area contributed by atoms with E-state index in [1.54, 1.807) is 29.2 Å². The van der Waals surface area contributed by atoms with Crippen LogP contribution >= 0.6 is 12.2 Å². The van der Waals surface area contributed by atoms with Crippen LogP contribution in [0.3, 0.4) is 0 Å². The quantitative estimate of drug-likeness (QED) is 0.796. The van der Waals surface area contributed by atoms with E-state index in [2.05, 4.69) is 0 Å². The van der Waals surface area contributed by atoms with Gasteiger partial charge in [0, 0.05) is 17.7 Å². The van der Waals surface area contributed by atoms with Crippen molar-refractivity contribution < 1.29 is 14.6 Å². The normalized spacial score (nSPS) is 22.6. The highest BCUT2D eigenvalue weighted by atomic mass is 32.1. The monoisotopic (exact) mass is 294 g/mol. The van der Waals surface area contributed by atoms with E-state index >= 15 is 0 Å². The summed E-state index contributed by atoms with van der Waals surface area (Å²) in [6.07, 6.45) is -0.325. The summed E-state index contributed by atoms with van der Waals surface area (Å²) >= 11 is 4.93. The lowest BCUT2D eigenvalue weighted by Crippen LogP contribution is -2.52. The van der Waals surface area contributed by atoms with Crippen LogP contribution < -0.4 is 5.73 Å². The zero-order valence-electron chi connectivity index (χ0n) is 11.3. The molecule has 1 aliphatic rings. The number of morpholine rings is 1. The Hall–Kier alpha value is -1.50. The van der Waals surface area contributed by atoms with Gasteiger partial charge in [-0.25, -0.2) is 0 Å². The third kappa shape index (κ3) is 3.15. The van der Waals surface area contributed by atoms with Crippen molar-refractivity contribution in [2.75, 3.05) is 19.8 Å². The number of rotatable bonds is 3. The van der Waals surface area contributed by atoms with Crippen molar-refractivity contribution in [1.29, 1.82) is 0 Å². The van der Waals surface area contributed by atoms with E-state index in [0.717, 1.165) is 0 Å². The molecule has 0 saturated carbocycles. The average molecular weight is 294 g/mol. The van der Waals surface area contributed by atoms with Crippen molar-refractivity contribution in [2.45, 2.75) is 19.1 Å². The van der Waals surface area contributed by atoms with Crippen molar-refractivity contribution in [2.24, 2.45) is 5.73 Å². The Bertz CT molecular complexity index is 521. The number of carbonyl (C=O) groups is 1. The van der Waals surface area contributed by atoms with Gasteiger partial charge in [-0.1, -0.05) is 24.4 Å². The molecular weight excluding hydrogens is 276 g/mol. The Morgan fingerprint density at radius 2 is 2.25 bits per heavy atom. The van der Waals surface area contributed by atoms with E-state index in [0.29, 0.717) is 24.3 Å². The molecule has 0 radical (unpaired) electrons. The first-order chi connectivity index (χ1) is 9.52. The van der Waals surface area contributed by atoms with Crippen molar-refractivity contribution in [3.63, 3.8) is 0 Å². The van der Waals surface area contributed by atoms with Gasteiger partial charge in [0.2, 0.25) is 0 Å². The molecular formula is C14H18N2O3S. The first-order valence-corrected chi connectivity index (χ1v) is 6.87. The van der Waals surface area contributed by atoms with Crippen LogP contribution in [0.1, 0.15) is 22.8 Å². The van der Waals surface area contributed by atoms with Crippen LogP contribution in [0.2, 0.25) is 0 Å². The van der Waals surface area contributed by atoms with E-state index in [4.69, 9.17) is 27.8 Å². The van der Waals surface area contributed by atoms with Crippen LogP contribution in [0.25, 0.3) is 0 Å². The van der Waals surface area contributed by atoms with Crippen molar-refractivity contribution in [3.05, 3.63) is 35.4 Å². The van der Waals surface area contributed by atoms with Crippen LogP contribution in [-0.4, -0.2) is 52.8 Å². The summed E-state index contributed by atoms with van der Waals surface area (Å²) in [5.74, 6) is -0.0997. The number of nitrogens with two attached hydrogens (primary N) is 1. The summed E-state index contributed by atoms with van der Waals surface area (Å²) in [6, 6.07) is 6.94. The Labute approximate surface area is 123 Å². The minimum Gasteiger partial charge on any atom is -0.394 e. The molecule has 1 aliphatic heterocycles. The topological polar surface area (TPSA) is 75.8 Å². The number of benzene rings is 1. The molecule has 0 aliphatic carbocycles. The number of aliphatic hydroxyl groups excluding tert-OH is 1. The number of hydrogen-bond donors (Lipinski definition) is 2. The maximum Gasteiger partial charge on any atom is 0.254 e. The summed E-state index contributed by atoms with van der Waals surface area (Å²) in [4.78, 5) is 14.5. The minimum absolute atomic E-state index is 0.0289. The van der Waals surface area contributed by atoms with Crippen LogP contribution in [0.15, 0.2) is 24.3 Å². The molecule has 1 fully saturated rings. The van der Waals surface area contributed by atoms with Gasteiger partial charge in [0.05, 0.1) is 25.4 Å². The lowest BCUT2D eigenvalue weighted by Gasteiger charge is -2.37. The summed E-state index contributed by atoms with van der Waals surface area (Å²) in [5.41, 5.74) is 6.80. The third-order valence-corrected chi connectivity index (χ3v) is 3.60. The molecule has 6 heteroatoms. The number of thiocarbonyl (C=S) groups is 1. The van der Waals surface area contributed by atoms with E-state index in [9.17, 15) is 4.79 Å². The molecule has 0 spiro atoms. The largest absolute Gasteiger partial charge is 0.394 e. The van der Waals surface area contributed by atoms with Gasteiger partial charge >= 0.3 is 0 Å². The molecule has 5 nitrogen and oxygen atoms in total. The standard InChI is InChI=1S/C14H18N2O3S/c1-9-8-19-12(7-17)6-16(9)14(18)11-4-2-3-10(5-11)13(15)20/h2-5,9,12,17H,6-8H2,1H3,(H2,15,20). The molecule has 1 amide bonds. The van der Waals surface area contributed by atoms with Gasteiger partial charge in [-0.05, 0) is 19.1 Å². The second-order valence-electron chi connectivity index (χ2n) is 4.89. The highest BCUT2D eigenvalue weighted by Gasteiger charge is 2.29. The molecule has 2 atom stereocenters. The predicted molar refractivity (Wildman–Crippen MR) is 79.7 cm³/mol. The fourth-order valence-corrected chi connectivity index (χ4v) is 2.31. The zero-order chi connectivity index (χ0) is 14.7. The van der Waals surface area contributed by atoms with Crippen LogP contribution in [0.5, 0.6) is 0 Å². The van der Waals surface area contributed by atoms with E-state index in [1.165, 1.54) is 0 Å². The lowest BCUT2D eigenvalue weighted by molar-refractivity contribution is -0.0667. The second-order valence-corrected chi connectivity index (χ2v) is 5.33. The SMILES string of the molecule is CC1COC(CO)CN1C(=O)c1cccc(C(N)=S)c1. The average Bonchev–Trinajstić information content (AvgIpc) is 2.47. The fourth-order valence-electron chi connectivity index (χ4n) is 2.18. The van der Waals surface area contributed by atoms with Gasteiger partial charge in [0.25, 0.3) is 5.91 Å². The Kier molecular flexibility index (Phi) is 4.69. The van der Waals surface area contributed by atoms with Crippen LogP contribution in [0, 0.1) is 0 Å². The smallest absolute Gasteiger partial charge is 0.254 e. The van der Waals surface area contributed by atoms with Gasteiger partial charge < -0.3 is 20.5 Å². The summed E-state index contributed by atoms with van der Waals surface area (Å²) in [6.45, 7) is 2.63. The third-order valence-electron chi connectivity index (χ3n) is 3.36. The van der Waals surface area contributed by atoms with Crippen LogP contribution in [-0.2, 0) is 4.74 Å². The lowest BCUT2D eigenvalue weighted by atomic mass is 10.1. The van der Waals surface area contributed by atoms with Crippen molar-refractivity contribution in [3.8, 4) is 0 Å². The zero-order valence-corrected chi connectivity index (χ0v) is 12.1. The Balaban J connectivity index is 2.21. The molecule has 0 aromatic heterocycles. The van der Waals surface area contributed by atoms with E-state index < -0.39 is 0 Å². The summed E-state index contributed by atoms with van der Waals surface area (Å²) < 4.78 is 5.43. The number of ether oxygens (including phenoxy) is 1. The molecule has 2 unspecified atom stereocenters. The van der Waals surface area contributed by atoms with Gasteiger partial charge in [-0.3, -0.25) is 4.79 Å². The maximum atomic E-state index is 12.6. The molecule has 3 N–H and O–H groups in total. The van der Waals surface area contributed by atoms with Crippen LogP contribution in [0.4, 0.5) is 0 Å². The van der Waals surface area contributed by atoms with Gasteiger partial charge in [-0.15, -0.1) is 0 Å². The van der Waals surface area contributed by atoms with Gasteiger partial charge in [0.1, 0.15) is 4.99 Å². The number of amides is 1. The number of hydrogen-bond acceptors (Lipinski definition) is 4. The maximum absolute atomic E-state index is 12.6. The molecule has 1 heterocycles. The molecule has 108 valence electrons. The van der Waals surface area contributed by atoms with Gasteiger partial charge in [0.15, 0.2) is 0 Å². The molecule has 1 aromatic rings. The highest BCUT2D eigenvalue weighted by Crippen LogP contribution is 2.16. The number of nitrogens with zero attached hydrogens (tertiary/aromatic N) is 1. The second kappa shape index (κ2) is 6.30. The molecule has 0 bridgehead atoms. The first kappa shape index (κ1) is 14.9. The van der Waals surface area contributed by atoms with Crippen molar-refractivity contribution >= 4 is 23.1 Å².